The minimum absolute atomic E-state index is 0.233. The molecule has 0 radical (unpaired) electrons. The fraction of sp³-hybridized carbons (Fsp3) is 0.353. The van der Waals surface area contributed by atoms with Crippen molar-refractivity contribution in [3.63, 3.8) is 0 Å². The van der Waals surface area contributed by atoms with E-state index in [1.807, 2.05) is 18.2 Å². The highest BCUT2D eigenvalue weighted by molar-refractivity contribution is 5.66. The van der Waals surface area contributed by atoms with Gasteiger partial charge in [0.05, 0.1) is 6.54 Å². The van der Waals surface area contributed by atoms with Gasteiger partial charge in [-0.2, -0.15) is 0 Å². The number of carbonyl (C=O) groups is 1. The summed E-state index contributed by atoms with van der Waals surface area (Å²) in [5, 5.41) is 8.69. The first-order chi connectivity index (χ1) is 10.2. The van der Waals surface area contributed by atoms with E-state index in [0.717, 1.165) is 43.1 Å². The van der Waals surface area contributed by atoms with Gasteiger partial charge in [0.25, 0.3) is 0 Å². The van der Waals surface area contributed by atoms with E-state index in [1.54, 1.807) is 0 Å². The summed E-state index contributed by atoms with van der Waals surface area (Å²) >= 11 is 0. The number of carboxylic acids is 1. The van der Waals surface area contributed by atoms with Crippen LogP contribution in [0.1, 0.15) is 24.2 Å². The summed E-state index contributed by atoms with van der Waals surface area (Å²) in [6.07, 6.45) is 1.90. The highest BCUT2D eigenvalue weighted by Gasteiger charge is 2.21. The molecule has 0 saturated carbocycles. The number of carboxylic acid groups (broad SMARTS) is 1. The second-order valence-electron chi connectivity index (χ2n) is 5.45. The van der Waals surface area contributed by atoms with Crippen LogP contribution in [0.15, 0.2) is 40.8 Å². The van der Waals surface area contributed by atoms with E-state index in [2.05, 4.69) is 23.1 Å². The first-order valence-corrected chi connectivity index (χ1v) is 7.33. The average molecular weight is 285 g/mol. The standard InChI is InChI=1S/C17H19NO3/c19-17(20)7-4-9-18-10-8-14-11-15(21-16(14)12-18)13-5-2-1-3-6-13/h1-3,5-6,11H,4,7-10,12H2,(H,19,20). The van der Waals surface area contributed by atoms with Gasteiger partial charge in [-0.15, -0.1) is 0 Å². The normalized spacial score (nSPS) is 14.9. The maximum absolute atomic E-state index is 10.6. The van der Waals surface area contributed by atoms with Gasteiger partial charge in [-0.1, -0.05) is 30.3 Å². The molecule has 0 fully saturated rings. The lowest BCUT2D eigenvalue weighted by atomic mass is 10.1. The van der Waals surface area contributed by atoms with Crippen molar-refractivity contribution >= 4 is 5.97 Å². The van der Waals surface area contributed by atoms with Crippen molar-refractivity contribution in [1.29, 1.82) is 0 Å². The van der Waals surface area contributed by atoms with Gasteiger partial charge in [0.1, 0.15) is 11.5 Å². The molecular formula is C17H19NO3. The second kappa shape index (κ2) is 6.14. The van der Waals surface area contributed by atoms with Crippen molar-refractivity contribution in [2.45, 2.75) is 25.8 Å². The van der Waals surface area contributed by atoms with Crippen LogP contribution in [0, 0.1) is 0 Å². The van der Waals surface area contributed by atoms with Crippen LogP contribution in [0.25, 0.3) is 11.3 Å². The monoisotopic (exact) mass is 285 g/mol. The summed E-state index contributed by atoms with van der Waals surface area (Å²) in [5.41, 5.74) is 2.38. The van der Waals surface area contributed by atoms with E-state index >= 15 is 0 Å². The molecule has 1 aliphatic heterocycles. The number of hydrogen-bond acceptors (Lipinski definition) is 3. The fourth-order valence-electron chi connectivity index (χ4n) is 2.76. The van der Waals surface area contributed by atoms with Gasteiger partial charge in [0.2, 0.25) is 0 Å². The molecule has 4 nitrogen and oxygen atoms in total. The molecule has 0 bridgehead atoms. The summed E-state index contributed by atoms with van der Waals surface area (Å²) < 4.78 is 5.99. The largest absolute Gasteiger partial charge is 0.481 e. The number of benzene rings is 1. The van der Waals surface area contributed by atoms with E-state index in [1.165, 1.54) is 5.56 Å². The van der Waals surface area contributed by atoms with E-state index in [-0.39, 0.29) is 6.42 Å². The van der Waals surface area contributed by atoms with Crippen LogP contribution in [0.4, 0.5) is 0 Å². The Hall–Kier alpha value is -2.07. The lowest BCUT2D eigenvalue weighted by Crippen LogP contribution is -2.30. The number of furan rings is 1. The zero-order valence-electron chi connectivity index (χ0n) is 11.9. The molecule has 1 aliphatic rings. The highest BCUT2D eigenvalue weighted by atomic mass is 16.4. The Morgan fingerprint density at radius 3 is 2.86 bits per heavy atom. The van der Waals surface area contributed by atoms with Crippen LogP contribution in [0.2, 0.25) is 0 Å². The summed E-state index contributed by atoms with van der Waals surface area (Å²) in [5.74, 6) is 1.22. The van der Waals surface area contributed by atoms with Gasteiger partial charge < -0.3 is 9.52 Å². The molecule has 1 aromatic heterocycles. The topological polar surface area (TPSA) is 53.7 Å². The van der Waals surface area contributed by atoms with Crippen molar-refractivity contribution in [2.75, 3.05) is 13.1 Å². The van der Waals surface area contributed by atoms with Gasteiger partial charge in [-0.25, -0.2) is 0 Å². The van der Waals surface area contributed by atoms with E-state index in [9.17, 15) is 4.79 Å². The van der Waals surface area contributed by atoms with Gasteiger partial charge in [-0.05, 0) is 31.0 Å². The van der Waals surface area contributed by atoms with Gasteiger partial charge in [0, 0.05) is 18.5 Å². The smallest absolute Gasteiger partial charge is 0.303 e. The Morgan fingerprint density at radius 2 is 2.10 bits per heavy atom. The van der Waals surface area contributed by atoms with E-state index < -0.39 is 5.97 Å². The fourth-order valence-corrected chi connectivity index (χ4v) is 2.76. The number of rotatable bonds is 5. The Morgan fingerprint density at radius 1 is 1.29 bits per heavy atom. The molecule has 3 rings (SSSR count). The average Bonchev–Trinajstić information content (AvgIpc) is 2.91. The molecule has 0 aliphatic carbocycles. The molecule has 21 heavy (non-hydrogen) atoms. The van der Waals surface area contributed by atoms with Gasteiger partial charge in [-0.3, -0.25) is 9.69 Å². The van der Waals surface area contributed by atoms with Crippen LogP contribution in [-0.2, 0) is 17.8 Å². The maximum Gasteiger partial charge on any atom is 0.303 e. The molecule has 0 saturated heterocycles. The van der Waals surface area contributed by atoms with Gasteiger partial charge in [0.15, 0.2) is 0 Å². The number of nitrogens with zero attached hydrogens (tertiary/aromatic N) is 1. The van der Waals surface area contributed by atoms with Crippen LogP contribution in [0.3, 0.4) is 0 Å². The van der Waals surface area contributed by atoms with Crippen LogP contribution >= 0.6 is 0 Å². The lowest BCUT2D eigenvalue weighted by Gasteiger charge is -2.25. The van der Waals surface area contributed by atoms with Crippen molar-refractivity contribution in [2.24, 2.45) is 0 Å². The lowest BCUT2D eigenvalue weighted by molar-refractivity contribution is -0.137. The summed E-state index contributed by atoms with van der Waals surface area (Å²) in [6, 6.07) is 12.3. The minimum atomic E-state index is -0.725. The Bertz CT molecular complexity index is 618. The third kappa shape index (κ3) is 3.34. The minimum Gasteiger partial charge on any atom is -0.481 e. The molecule has 2 heterocycles. The van der Waals surface area contributed by atoms with Crippen LogP contribution in [-0.4, -0.2) is 29.1 Å². The van der Waals surface area contributed by atoms with Crippen LogP contribution in [0.5, 0.6) is 0 Å². The summed E-state index contributed by atoms with van der Waals surface area (Å²) in [7, 11) is 0. The van der Waals surface area contributed by atoms with Crippen LogP contribution < -0.4 is 0 Å². The molecule has 110 valence electrons. The van der Waals surface area contributed by atoms with Gasteiger partial charge >= 0.3 is 5.97 Å². The number of aliphatic carboxylic acids is 1. The molecule has 1 N–H and O–H groups in total. The molecule has 4 heteroatoms. The predicted octanol–water partition coefficient (Wildman–Crippen LogP) is 3.17. The molecule has 0 atom stereocenters. The zero-order chi connectivity index (χ0) is 14.7. The molecule has 1 aromatic carbocycles. The molecule has 0 unspecified atom stereocenters. The van der Waals surface area contributed by atoms with E-state index in [0.29, 0.717) is 6.42 Å². The first-order valence-electron chi connectivity index (χ1n) is 7.33. The zero-order valence-corrected chi connectivity index (χ0v) is 11.9. The molecule has 2 aromatic rings. The van der Waals surface area contributed by atoms with Crippen molar-refractivity contribution in [3.05, 3.63) is 47.7 Å². The molecule has 0 spiro atoms. The quantitative estimate of drug-likeness (QED) is 0.916. The van der Waals surface area contributed by atoms with E-state index in [4.69, 9.17) is 9.52 Å². The highest BCUT2D eigenvalue weighted by Crippen LogP contribution is 2.29. The maximum atomic E-state index is 10.6. The number of fused-ring (bicyclic) bond motifs is 1. The molecular weight excluding hydrogens is 266 g/mol. The van der Waals surface area contributed by atoms with Crippen molar-refractivity contribution < 1.29 is 14.3 Å². The molecule has 0 amide bonds. The third-order valence-electron chi connectivity index (χ3n) is 3.88. The summed E-state index contributed by atoms with van der Waals surface area (Å²) in [6.45, 7) is 2.56. The van der Waals surface area contributed by atoms with Crippen molar-refractivity contribution in [1.82, 2.24) is 4.90 Å². The first kappa shape index (κ1) is 13.9. The summed E-state index contributed by atoms with van der Waals surface area (Å²) in [4.78, 5) is 12.8. The number of hydrogen-bond donors (Lipinski definition) is 1. The van der Waals surface area contributed by atoms with Crippen molar-refractivity contribution in [3.8, 4) is 11.3 Å². The third-order valence-corrected chi connectivity index (χ3v) is 3.88. The Kier molecular flexibility index (Phi) is 4.06. The Labute approximate surface area is 124 Å². The Balaban J connectivity index is 1.66. The predicted molar refractivity (Wildman–Crippen MR) is 80.0 cm³/mol. The SMILES string of the molecule is O=C(O)CCCN1CCc2cc(-c3ccccc3)oc2C1. The second-order valence-corrected chi connectivity index (χ2v) is 5.45.